The summed E-state index contributed by atoms with van der Waals surface area (Å²) in [6.07, 6.45) is 6.42. The second-order valence-corrected chi connectivity index (χ2v) is 5.48. The van der Waals surface area contributed by atoms with Gasteiger partial charge in [0.05, 0.1) is 0 Å². The Labute approximate surface area is 101 Å². The molecule has 0 radical (unpaired) electrons. The zero-order valence-electron chi connectivity index (χ0n) is 11.3. The SMILES string of the molecule is CCCNC(CCC(C)C)C1CCOCC1. The summed E-state index contributed by atoms with van der Waals surface area (Å²) in [5.41, 5.74) is 0. The fourth-order valence-electron chi connectivity index (χ4n) is 2.47. The fourth-order valence-corrected chi connectivity index (χ4v) is 2.47. The minimum Gasteiger partial charge on any atom is -0.381 e. The summed E-state index contributed by atoms with van der Waals surface area (Å²) in [5, 5.41) is 3.74. The highest BCUT2D eigenvalue weighted by Crippen LogP contribution is 2.23. The molecule has 0 aliphatic carbocycles. The van der Waals surface area contributed by atoms with Crippen LogP contribution in [0.2, 0.25) is 0 Å². The molecule has 1 fully saturated rings. The Morgan fingerprint density at radius 1 is 1.19 bits per heavy atom. The van der Waals surface area contributed by atoms with Gasteiger partial charge in [0.25, 0.3) is 0 Å². The normalized spacial score (nSPS) is 20.2. The van der Waals surface area contributed by atoms with Gasteiger partial charge in [0.1, 0.15) is 0 Å². The molecule has 0 spiro atoms. The second-order valence-electron chi connectivity index (χ2n) is 5.48. The molecule has 2 heteroatoms. The zero-order chi connectivity index (χ0) is 11.8. The van der Waals surface area contributed by atoms with Crippen molar-refractivity contribution in [1.82, 2.24) is 5.32 Å². The van der Waals surface area contributed by atoms with E-state index in [0.29, 0.717) is 0 Å². The Kier molecular flexibility index (Phi) is 7.06. The summed E-state index contributed by atoms with van der Waals surface area (Å²) in [4.78, 5) is 0. The van der Waals surface area contributed by atoms with E-state index >= 15 is 0 Å². The Hall–Kier alpha value is -0.0800. The molecule has 1 unspecified atom stereocenters. The topological polar surface area (TPSA) is 21.3 Å². The van der Waals surface area contributed by atoms with Crippen LogP contribution >= 0.6 is 0 Å². The molecule has 1 rings (SSSR count). The lowest BCUT2D eigenvalue weighted by atomic mass is 9.87. The Bertz CT molecular complexity index is 164. The molecular weight excluding hydrogens is 198 g/mol. The molecule has 96 valence electrons. The van der Waals surface area contributed by atoms with E-state index < -0.39 is 0 Å². The highest BCUT2D eigenvalue weighted by atomic mass is 16.5. The molecule has 0 saturated carbocycles. The molecule has 0 amide bonds. The Morgan fingerprint density at radius 3 is 2.44 bits per heavy atom. The summed E-state index contributed by atoms with van der Waals surface area (Å²) in [5.74, 6) is 1.67. The maximum atomic E-state index is 5.45. The highest BCUT2D eigenvalue weighted by Gasteiger charge is 2.23. The molecule has 2 nitrogen and oxygen atoms in total. The molecule has 0 aromatic heterocycles. The molecule has 16 heavy (non-hydrogen) atoms. The summed E-state index contributed by atoms with van der Waals surface area (Å²) < 4.78 is 5.45. The van der Waals surface area contributed by atoms with Gasteiger partial charge in [-0.1, -0.05) is 20.8 Å². The molecule has 0 aromatic rings. The van der Waals surface area contributed by atoms with Crippen LogP contribution in [-0.2, 0) is 4.74 Å². The van der Waals surface area contributed by atoms with Crippen LogP contribution < -0.4 is 5.32 Å². The lowest BCUT2D eigenvalue weighted by Crippen LogP contribution is -2.39. The molecular formula is C14H29NO. The fraction of sp³-hybridized carbons (Fsp3) is 1.00. The van der Waals surface area contributed by atoms with Gasteiger partial charge in [0, 0.05) is 19.3 Å². The van der Waals surface area contributed by atoms with Gasteiger partial charge in [-0.3, -0.25) is 0 Å². The van der Waals surface area contributed by atoms with Gasteiger partial charge in [-0.15, -0.1) is 0 Å². The summed E-state index contributed by atoms with van der Waals surface area (Å²) in [6.45, 7) is 9.99. The second kappa shape index (κ2) is 8.08. The average molecular weight is 227 g/mol. The lowest BCUT2D eigenvalue weighted by molar-refractivity contribution is 0.0519. The van der Waals surface area contributed by atoms with E-state index in [0.717, 1.165) is 31.1 Å². The first kappa shape index (κ1) is 14.0. The highest BCUT2D eigenvalue weighted by molar-refractivity contribution is 4.78. The first-order valence-electron chi connectivity index (χ1n) is 7.05. The van der Waals surface area contributed by atoms with Crippen LogP contribution in [0.5, 0.6) is 0 Å². The molecule has 0 aromatic carbocycles. The van der Waals surface area contributed by atoms with Crippen molar-refractivity contribution in [1.29, 1.82) is 0 Å². The van der Waals surface area contributed by atoms with E-state index in [2.05, 4.69) is 26.1 Å². The maximum Gasteiger partial charge on any atom is 0.0469 e. The monoisotopic (exact) mass is 227 g/mol. The van der Waals surface area contributed by atoms with Crippen molar-refractivity contribution in [3.63, 3.8) is 0 Å². The van der Waals surface area contributed by atoms with E-state index in [1.807, 2.05) is 0 Å². The molecule has 1 saturated heterocycles. The molecule has 0 bridgehead atoms. The number of ether oxygens (including phenoxy) is 1. The van der Waals surface area contributed by atoms with Crippen LogP contribution in [0.3, 0.4) is 0 Å². The third-order valence-corrected chi connectivity index (χ3v) is 3.55. The molecule has 1 heterocycles. The van der Waals surface area contributed by atoms with E-state index in [9.17, 15) is 0 Å². The van der Waals surface area contributed by atoms with Gasteiger partial charge in [-0.25, -0.2) is 0 Å². The van der Waals surface area contributed by atoms with E-state index in [1.165, 1.54) is 38.6 Å². The van der Waals surface area contributed by atoms with Gasteiger partial charge in [0.15, 0.2) is 0 Å². The minimum absolute atomic E-state index is 0.728. The van der Waals surface area contributed by atoms with Crippen molar-refractivity contribution in [2.45, 2.75) is 58.9 Å². The van der Waals surface area contributed by atoms with E-state index in [1.54, 1.807) is 0 Å². The van der Waals surface area contributed by atoms with Crippen molar-refractivity contribution in [2.24, 2.45) is 11.8 Å². The first-order valence-corrected chi connectivity index (χ1v) is 7.05. The molecule has 1 aliphatic heterocycles. The number of hydrogen-bond acceptors (Lipinski definition) is 2. The number of nitrogens with one attached hydrogen (secondary N) is 1. The van der Waals surface area contributed by atoms with Crippen molar-refractivity contribution in [3.8, 4) is 0 Å². The van der Waals surface area contributed by atoms with Crippen molar-refractivity contribution < 1.29 is 4.74 Å². The van der Waals surface area contributed by atoms with Gasteiger partial charge < -0.3 is 10.1 Å². The minimum atomic E-state index is 0.728. The largest absolute Gasteiger partial charge is 0.381 e. The summed E-state index contributed by atoms with van der Waals surface area (Å²) in [6, 6.07) is 0.728. The Morgan fingerprint density at radius 2 is 1.88 bits per heavy atom. The van der Waals surface area contributed by atoms with Crippen LogP contribution in [0, 0.1) is 11.8 Å². The van der Waals surface area contributed by atoms with Crippen LogP contribution in [0.1, 0.15) is 52.9 Å². The molecule has 1 N–H and O–H groups in total. The number of rotatable bonds is 7. The van der Waals surface area contributed by atoms with Crippen molar-refractivity contribution in [2.75, 3.05) is 19.8 Å². The van der Waals surface area contributed by atoms with Crippen LogP contribution in [0.4, 0.5) is 0 Å². The van der Waals surface area contributed by atoms with Gasteiger partial charge in [-0.2, -0.15) is 0 Å². The maximum absolute atomic E-state index is 5.45. The van der Waals surface area contributed by atoms with Gasteiger partial charge in [0.2, 0.25) is 0 Å². The third kappa shape index (κ3) is 5.31. The van der Waals surface area contributed by atoms with Gasteiger partial charge in [-0.05, 0) is 50.5 Å². The summed E-state index contributed by atoms with van der Waals surface area (Å²) in [7, 11) is 0. The summed E-state index contributed by atoms with van der Waals surface area (Å²) >= 11 is 0. The van der Waals surface area contributed by atoms with E-state index in [-0.39, 0.29) is 0 Å². The van der Waals surface area contributed by atoms with Crippen molar-refractivity contribution in [3.05, 3.63) is 0 Å². The average Bonchev–Trinajstić information content (AvgIpc) is 2.30. The van der Waals surface area contributed by atoms with Crippen LogP contribution in [0.25, 0.3) is 0 Å². The van der Waals surface area contributed by atoms with Crippen molar-refractivity contribution >= 4 is 0 Å². The zero-order valence-corrected chi connectivity index (χ0v) is 11.3. The van der Waals surface area contributed by atoms with E-state index in [4.69, 9.17) is 4.74 Å². The smallest absolute Gasteiger partial charge is 0.0469 e. The lowest BCUT2D eigenvalue weighted by Gasteiger charge is -2.31. The molecule has 1 atom stereocenters. The number of hydrogen-bond donors (Lipinski definition) is 1. The quantitative estimate of drug-likeness (QED) is 0.721. The van der Waals surface area contributed by atoms with Crippen LogP contribution in [0.15, 0.2) is 0 Å². The Balaban J connectivity index is 2.34. The standard InChI is InChI=1S/C14H29NO/c1-4-9-15-14(6-5-12(2)3)13-7-10-16-11-8-13/h12-15H,4-11H2,1-3H3. The first-order chi connectivity index (χ1) is 7.74. The predicted octanol–water partition coefficient (Wildman–Crippen LogP) is 3.22. The third-order valence-electron chi connectivity index (χ3n) is 3.55. The predicted molar refractivity (Wildman–Crippen MR) is 69.7 cm³/mol. The van der Waals surface area contributed by atoms with Gasteiger partial charge >= 0.3 is 0 Å². The van der Waals surface area contributed by atoms with Crippen LogP contribution in [-0.4, -0.2) is 25.8 Å². The molecule has 1 aliphatic rings.